The van der Waals surface area contributed by atoms with E-state index in [-0.39, 0.29) is 16.2 Å². The number of hydrogen-bond donors (Lipinski definition) is 0. The summed E-state index contributed by atoms with van der Waals surface area (Å²) in [5.41, 5.74) is 11.9. The minimum atomic E-state index is -0.895. The van der Waals surface area contributed by atoms with E-state index >= 15 is 0 Å². The zero-order valence-corrected chi connectivity index (χ0v) is 32.0. The third-order valence-electron chi connectivity index (χ3n) is 12.2. The molecular weight excluding hydrogens is 649 g/mol. The molecule has 0 saturated heterocycles. The first-order valence-electron chi connectivity index (χ1n) is 19.0. The Morgan fingerprint density at radius 1 is 0.604 bits per heavy atom. The summed E-state index contributed by atoms with van der Waals surface area (Å²) in [7, 11) is 3.42. The van der Waals surface area contributed by atoms with Crippen LogP contribution in [-0.2, 0) is 11.0 Å². The van der Waals surface area contributed by atoms with Gasteiger partial charge >= 0.3 is 0 Å². The molecule has 0 N–H and O–H groups in total. The molecule has 6 aromatic rings. The van der Waals surface area contributed by atoms with E-state index in [4.69, 9.17) is 14.2 Å². The minimum Gasteiger partial charge on any atom is -0.497 e. The summed E-state index contributed by atoms with van der Waals surface area (Å²) in [6.07, 6.45) is 8.06. The molecule has 3 nitrogen and oxygen atoms in total. The average Bonchev–Trinajstić information content (AvgIpc) is 3.42. The summed E-state index contributed by atoms with van der Waals surface area (Å²) in [5, 5.41) is 2.40. The fourth-order valence-corrected chi connectivity index (χ4v) is 10.9. The van der Waals surface area contributed by atoms with Crippen LogP contribution in [0, 0.1) is 17.8 Å². The second-order valence-electron chi connectivity index (χ2n) is 17.2. The maximum absolute atomic E-state index is 7.78. The van der Waals surface area contributed by atoms with Crippen molar-refractivity contribution in [1.29, 1.82) is 0 Å². The molecule has 1 saturated carbocycles. The van der Waals surface area contributed by atoms with Crippen LogP contribution < -0.4 is 14.2 Å². The van der Waals surface area contributed by atoms with Gasteiger partial charge in [0.2, 0.25) is 0 Å². The van der Waals surface area contributed by atoms with E-state index in [2.05, 4.69) is 138 Å². The van der Waals surface area contributed by atoms with Gasteiger partial charge in [0.15, 0.2) is 5.60 Å². The lowest BCUT2D eigenvalue weighted by atomic mass is 9.52. The molecule has 0 aromatic heterocycles. The summed E-state index contributed by atoms with van der Waals surface area (Å²) in [5.74, 6) is 2.57. The van der Waals surface area contributed by atoms with Crippen LogP contribution in [0.2, 0.25) is 0 Å². The minimum absolute atomic E-state index is 0.153. The molecule has 0 atom stereocenters. The first-order chi connectivity index (χ1) is 25.5. The Balaban J connectivity index is 1.40. The Bertz CT molecular complexity index is 2350. The van der Waals surface area contributed by atoms with Gasteiger partial charge in [0.25, 0.3) is 0 Å². The summed E-state index contributed by atoms with van der Waals surface area (Å²) in [6.45, 7) is 12.2. The van der Waals surface area contributed by atoms with Crippen molar-refractivity contribution in [3.05, 3.63) is 155 Å². The topological polar surface area (TPSA) is 27.7 Å². The lowest BCUT2D eigenvalue weighted by Crippen LogP contribution is -2.44. The maximum atomic E-state index is 7.78. The van der Waals surface area contributed by atoms with Gasteiger partial charge in [-0.25, -0.2) is 0 Å². The number of hydrogen-bond acceptors (Lipinski definition) is 3. The molecule has 0 unspecified atom stereocenters. The fourth-order valence-electron chi connectivity index (χ4n) is 10.9. The lowest BCUT2D eigenvalue weighted by molar-refractivity contribution is 0.0642. The Labute approximate surface area is 314 Å². The third kappa shape index (κ3) is 5.15. The summed E-state index contributed by atoms with van der Waals surface area (Å²) in [6, 6.07) is 41.5. The van der Waals surface area contributed by atoms with Crippen LogP contribution in [0.25, 0.3) is 39.1 Å². The van der Waals surface area contributed by atoms with Crippen LogP contribution in [0.1, 0.15) is 80.3 Å². The number of aryl methyl sites for hydroxylation is 1. The molecular formula is C50H48O3. The predicted molar refractivity (Wildman–Crippen MR) is 218 cm³/mol. The first-order valence-corrected chi connectivity index (χ1v) is 19.0. The van der Waals surface area contributed by atoms with Gasteiger partial charge in [-0.05, 0) is 118 Å². The average molecular weight is 697 g/mol. The van der Waals surface area contributed by atoms with Crippen molar-refractivity contribution in [3.63, 3.8) is 0 Å². The summed E-state index contributed by atoms with van der Waals surface area (Å²) in [4.78, 5) is 0. The highest BCUT2D eigenvalue weighted by Gasteiger charge is 2.55. The number of benzene rings is 6. The molecule has 9 rings (SSSR count). The van der Waals surface area contributed by atoms with Gasteiger partial charge in [-0.2, -0.15) is 0 Å². The maximum Gasteiger partial charge on any atom is 0.178 e. The Morgan fingerprint density at radius 3 is 1.79 bits per heavy atom. The second-order valence-corrected chi connectivity index (χ2v) is 17.2. The molecule has 1 spiro atoms. The molecule has 1 aliphatic heterocycles. The van der Waals surface area contributed by atoms with E-state index in [1.807, 2.05) is 24.3 Å². The van der Waals surface area contributed by atoms with Crippen LogP contribution in [0.5, 0.6) is 17.2 Å². The Kier molecular flexibility index (Phi) is 7.51. The number of rotatable bonds is 5. The molecule has 1 heterocycles. The van der Waals surface area contributed by atoms with Crippen LogP contribution in [-0.4, -0.2) is 14.2 Å². The van der Waals surface area contributed by atoms with Gasteiger partial charge in [-0.15, -0.1) is 0 Å². The van der Waals surface area contributed by atoms with E-state index in [0.717, 1.165) is 46.6 Å². The van der Waals surface area contributed by atoms with Crippen molar-refractivity contribution in [1.82, 2.24) is 0 Å². The van der Waals surface area contributed by atoms with Crippen LogP contribution in [0.3, 0.4) is 0 Å². The van der Waals surface area contributed by atoms with Crippen LogP contribution >= 0.6 is 0 Å². The fraction of sp³-hybridized carbons (Fsp3) is 0.280. The molecule has 266 valence electrons. The van der Waals surface area contributed by atoms with Gasteiger partial charge in [-0.3, -0.25) is 0 Å². The van der Waals surface area contributed by atoms with E-state index in [0.29, 0.717) is 0 Å². The highest BCUT2D eigenvalue weighted by atomic mass is 16.5. The molecule has 0 radical (unpaired) electrons. The summed E-state index contributed by atoms with van der Waals surface area (Å²) >= 11 is 0. The SMILES string of the molecule is COc1ccc(C2(c3ccc(OC)cc3)C=Cc3c4c(c5cc(C)c(-c6ccccc6)cc5c3O2)-c2ccccc2C42CC(C)(C)CC(C)(C)C2)cc1. The molecule has 3 heteroatoms. The van der Waals surface area contributed by atoms with Crippen LogP contribution in [0.4, 0.5) is 0 Å². The van der Waals surface area contributed by atoms with Crippen molar-refractivity contribution in [2.75, 3.05) is 14.2 Å². The van der Waals surface area contributed by atoms with Gasteiger partial charge in [-0.1, -0.05) is 119 Å². The van der Waals surface area contributed by atoms with E-state index in [1.54, 1.807) is 14.2 Å². The smallest absolute Gasteiger partial charge is 0.178 e. The number of ether oxygens (including phenoxy) is 3. The van der Waals surface area contributed by atoms with Crippen molar-refractivity contribution < 1.29 is 14.2 Å². The molecule has 1 fully saturated rings. The first kappa shape index (κ1) is 33.5. The van der Waals surface area contributed by atoms with Gasteiger partial charge in [0.05, 0.1) is 14.2 Å². The molecule has 3 aliphatic rings. The molecule has 0 bridgehead atoms. The zero-order chi connectivity index (χ0) is 36.8. The highest BCUT2D eigenvalue weighted by Crippen LogP contribution is 2.67. The van der Waals surface area contributed by atoms with E-state index in [1.165, 1.54) is 56.3 Å². The Morgan fingerprint density at radius 2 is 1.19 bits per heavy atom. The van der Waals surface area contributed by atoms with Gasteiger partial charge in [0, 0.05) is 27.5 Å². The number of methoxy groups -OCH3 is 2. The van der Waals surface area contributed by atoms with E-state index in [9.17, 15) is 0 Å². The molecule has 53 heavy (non-hydrogen) atoms. The van der Waals surface area contributed by atoms with E-state index < -0.39 is 5.60 Å². The molecule has 6 aromatic carbocycles. The monoisotopic (exact) mass is 696 g/mol. The number of fused-ring (bicyclic) bond motifs is 10. The van der Waals surface area contributed by atoms with Crippen molar-refractivity contribution in [3.8, 4) is 39.5 Å². The largest absolute Gasteiger partial charge is 0.497 e. The van der Waals surface area contributed by atoms with Crippen LogP contribution in [0.15, 0.2) is 121 Å². The second kappa shape index (κ2) is 11.9. The molecule has 2 aliphatic carbocycles. The van der Waals surface area contributed by atoms with Crippen molar-refractivity contribution in [2.24, 2.45) is 10.8 Å². The van der Waals surface area contributed by atoms with Gasteiger partial charge in [0.1, 0.15) is 17.2 Å². The quantitative estimate of drug-likeness (QED) is 0.180. The zero-order valence-electron chi connectivity index (χ0n) is 32.0. The normalized spacial score (nSPS) is 18.2. The predicted octanol–water partition coefficient (Wildman–Crippen LogP) is 12.7. The lowest BCUT2D eigenvalue weighted by Gasteiger charge is -2.52. The molecule has 0 amide bonds. The standard InChI is InChI=1S/C50H48O3/c1-32-27-41-42(28-40(32)33-13-9-8-10-14-33)46-39(45-44(41)38-15-11-12-16-43(38)49(45)30-47(2,3)29-48(4,5)31-49)25-26-50(53-46,34-17-21-36(51-6)22-18-34)35-19-23-37(52-7)24-20-35/h8-28H,29-31H2,1-7H3. The summed E-state index contributed by atoms with van der Waals surface area (Å²) < 4.78 is 19.0. The Hall–Kier alpha value is -5.28. The third-order valence-corrected chi connectivity index (χ3v) is 12.2. The van der Waals surface area contributed by atoms with Crippen molar-refractivity contribution in [2.45, 2.75) is 64.9 Å². The highest BCUT2D eigenvalue weighted by molar-refractivity contribution is 6.10. The van der Waals surface area contributed by atoms with Gasteiger partial charge < -0.3 is 14.2 Å². The van der Waals surface area contributed by atoms with Crippen molar-refractivity contribution >= 4 is 16.8 Å².